The number of amides is 10. The van der Waals surface area contributed by atoms with Crippen LogP contribution < -0.4 is 31.9 Å². The van der Waals surface area contributed by atoms with Gasteiger partial charge in [-0.3, -0.25) is 28.8 Å². The second-order valence-electron chi connectivity index (χ2n) is 12.2. The highest BCUT2D eigenvalue weighted by atomic mass is 32.2. The second-order valence-corrected chi connectivity index (χ2v) is 14.6. The summed E-state index contributed by atoms with van der Waals surface area (Å²) in [5.74, 6) is -0.306. The maximum Gasteiger partial charge on any atom is 0.406 e. The zero-order valence-electron chi connectivity index (χ0n) is 48.6. The standard InChI is InChI=1S/2C4H10N2O.2C4H9NO.2C3H7NO2.2C3H7NOS.C3H9N.2C3H6O2.C2H6O.C2H6S.12CH4/c2*1-5-4(7)6(2)3;2*1-4(6)5(2)3;4*1-4-3(5)6-2;1-4(2)3;2*1-3(4)5-2;2*1-3-2;;;;;;;;;;;;/h2*1-3H3,(H,5,7);2*1-3H3;4*1-2H3,(H,4,5);1-3H3;2*1-2H3;2*1-2H3;12*1H4. The largest absolute Gasteiger partial charge is 0.469 e. The van der Waals surface area contributed by atoms with Crippen LogP contribution in [0.2, 0.25) is 0 Å². The molecule has 0 aromatic carbocycles. The summed E-state index contributed by atoms with van der Waals surface area (Å²) in [6.45, 7) is 5.78. The Bertz CT molecular complexity index is 1070. The molecule has 0 heterocycles. The molecule has 0 unspecified atom stereocenters. The van der Waals surface area contributed by atoms with Gasteiger partial charge in [0.1, 0.15) is 0 Å². The molecule has 6 N–H and O–H groups in total. The molecular weight excluding hydrogens is 1130 g/mol. The van der Waals surface area contributed by atoms with Crippen LogP contribution in [0.5, 0.6) is 0 Å². The van der Waals surface area contributed by atoms with E-state index in [-0.39, 0.29) is 135 Å². The molecule has 10 amide bonds. The van der Waals surface area contributed by atoms with Crippen molar-refractivity contribution in [3.05, 3.63) is 0 Å². The molecule has 26 nitrogen and oxygen atoms in total. The quantitative estimate of drug-likeness (QED) is 0.0970. The maximum absolute atomic E-state index is 10.3. The molecule has 0 aliphatic rings. The first kappa shape index (κ1) is 164. The number of carbonyl (C=O) groups is 10. The average Bonchev–Trinajstić information content (AvgIpc) is 3.31. The topological polar surface area (TPSA) is 305 Å². The molecule has 0 saturated carbocycles. The lowest BCUT2D eigenvalue weighted by molar-refractivity contribution is -0.138. The number of esters is 2. The molecule has 0 saturated heterocycles. The van der Waals surface area contributed by atoms with E-state index in [1.807, 2.05) is 38.6 Å². The summed E-state index contributed by atoms with van der Waals surface area (Å²) >= 11 is 4.10. The number of ether oxygens (including phenoxy) is 5. The van der Waals surface area contributed by atoms with Gasteiger partial charge in [0.15, 0.2) is 0 Å². The van der Waals surface area contributed by atoms with Crippen LogP contribution in [-0.2, 0) is 42.9 Å². The van der Waals surface area contributed by atoms with Gasteiger partial charge in [0.2, 0.25) is 11.8 Å². The zero-order valence-corrected chi connectivity index (χ0v) is 51.0. The molecule has 0 aromatic rings. The predicted octanol–water partition coefficient (Wildman–Crippen LogP) is 10.7. The van der Waals surface area contributed by atoms with E-state index in [1.165, 1.54) is 113 Å². The molecule has 0 bridgehead atoms. The lowest BCUT2D eigenvalue weighted by Gasteiger charge is -2.06. The van der Waals surface area contributed by atoms with Gasteiger partial charge in [0.25, 0.3) is 10.5 Å². The molecule has 522 valence electrons. The van der Waals surface area contributed by atoms with Gasteiger partial charge in [-0.2, -0.15) is 11.8 Å². The second kappa shape index (κ2) is 147. The number of carbonyl (C=O) groups excluding carboxylic acids is 10. The number of hydrogen-bond acceptors (Lipinski definition) is 19. The summed E-state index contributed by atoms with van der Waals surface area (Å²) in [5, 5.41) is 14.3. The fraction of sp³-hybridized carbons (Fsp3) is 0.811. The third-order valence-electron chi connectivity index (χ3n) is 4.63. The minimum Gasteiger partial charge on any atom is -0.469 e. The first-order valence-corrected chi connectivity index (χ1v) is 23.7. The highest BCUT2D eigenvalue weighted by molar-refractivity contribution is 8.13. The fourth-order valence-electron chi connectivity index (χ4n) is 0.855. The first-order chi connectivity index (χ1) is 32.0. The Labute approximate surface area is 524 Å². The number of nitrogens with zero attached hydrogens (tertiary/aromatic N) is 5. The van der Waals surface area contributed by atoms with Crippen molar-refractivity contribution in [1.82, 2.24) is 56.4 Å². The van der Waals surface area contributed by atoms with Crippen LogP contribution >= 0.6 is 35.3 Å². The van der Waals surface area contributed by atoms with Crippen LogP contribution in [0, 0.1) is 0 Å². The normalized spacial score (nSPS) is 6.34. The van der Waals surface area contributed by atoms with E-state index in [9.17, 15) is 47.9 Å². The van der Waals surface area contributed by atoms with Crippen molar-refractivity contribution in [2.24, 2.45) is 0 Å². The van der Waals surface area contributed by atoms with Crippen LogP contribution in [0.3, 0.4) is 0 Å². The number of rotatable bonds is 0. The monoisotopic (exact) mass is 1270 g/mol. The minimum absolute atomic E-state index is 0. The van der Waals surface area contributed by atoms with E-state index < -0.39 is 12.2 Å². The van der Waals surface area contributed by atoms with Crippen molar-refractivity contribution in [2.45, 2.75) is 117 Å². The van der Waals surface area contributed by atoms with Crippen molar-refractivity contribution >= 4 is 93.8 Å². The molecule has 0 atom stereocenters. The number of thioether (sulfide) groups is 3. The van der Waals surface area contributed by atoms with E-state index in [1.54, 1.807) is 123 Å². The summed E-state index contributed by atoms with van der Waals surface area (Å²) in [6.07, 6.45) is 6.74. The molecule has 0 aromatic heterocycles. The van der Waals surface area contributed by atoms with Crippen LogP contribution in [-0.4, -0.2) is 270 Å². The molecule has 29 heteroatoms. The summed E-state index contributed by atoms with van der Waals surface area (Å²) in [6, 6.07) is -0.139. The van der Waals surface area contributed by atoms with Gasteiger partial charge in [-0.05, 0) is 46.2 Å². The molecule has 0 rings (SSSR count). The van der Waals surface area contributed by atoms with Crippen molar-refractivity contribution in [2.75, 3.05) is 187 Å². The maximum atomic E-state index is 10.3. The molecule has 0 fully saturated rings. The third kappa shape index (κ3) is 336. The lowest BCUT2D eigenvalue weighted by atomic mass is 10.7. The Balaban J connectivity index is -0.0000000185. The molecule has 0 aliphatic carbocycles. The van der Waals surface area contributed by atoms with Crippen LogP contribution in [0.15, 0.2) is 0 Å². The Kier molecular flexibility index (Phi) is 294. The van der Waals surface area contributed by atoms with Crippen LogP contribution in [0.1, 0.15) is 117 Å². The van der Waals surface area contributed by atoms with E-state index in [0.717, 1.165) is 0 Å². The van der Waals surface area contributed by atoms with E-state index in [0.29, 0.717) is 0 Å². The van der Waals surface area contributed by atoms with E-state index in [4.69, 9.17) is 0 Å². The summed E-state index contributed by atoms with van der Waals surface area (Å²) in [5.41, 5.74) is 0. The number of nitrogens with one attached hydrogen (secondary N) is 6. The number of urea groups is 2. The lowest BCUT2D eigenvalue weighted by Crippen LogP contribution is -2.31. The molecule has 0 spiro atoms. The average molecular weight is 1280 g/mol. The Morgan fingerprint density at radius 3 is 0.451 bits per heavy atom. The highest BCUT2D eigenvalue weighted by Crippen LogP contribution is 1.89. The SMILES string of the molecule is C.C.C.C.C.C.C.C.C.C.C.C.CC(=O)N(C)C.CC(=O)N(C)C.CN(C)C.CNC(=O)N(C)C.CNC(=O)N(C)C.CNC(=O)OC.CNC(=O)OC.CNC(=O)SC.CNC(=O)SC.COC.COC(C)=O.COC(C)=O.CSC. The molecule has 0 aliphatic heterocycles. The molecular formula is C53H147N11O15S3. The van der Waals surface area contributed by atoms with Crippen LogP contribution in [0.4, 0.5) is 28.8 Å². The summed E-state index contributed by atoms with van der Waals surface area (Å²) in [7, 11) is 37.7. The molecule has 0 radical (unpaired) electrons. The number of alkyl carbamates (subject to hydrolysis) is 2. The van der Waals surface area contributed by atoms with Gasteiger partial charge in [-0.15, -0.1) is 0 Å². The smallest absolute Gasteiger partial charge is 0.406 e. The van der Waals surface area contributed by atoms with E-state index >= 15 is 0 Å². The third-order valence-corrected chi connectivity index (χ3v) is 5.78. The van der Waals surface area contributed by atoms with Gasteiger partial charge in [0.05, 0.1) is 28.4 Å². The van der Waals surface area contributed by atoms with Crippen LogP contribution in [0.25, 0.3) is 0 Å². The van der Waals surface area contributed by atoms with Gasteiger partial charge < -0.3 is 80.1 Å². The Hall–Kier alpha value is -5.13. The van der Waals surface area contributed by atoms with Gasteiger partial charge >= 0.3 is 36.2 Å². The predicted molar refractivity (Wildman–Crippen MR) is 372 cm³/mol. The van der Waals surface area contributed by atoms with Crippen molar-refractivity contribution in [3.63, 3.8) is 0 Å². The highest BCUT2D eigenvalue weighted by Gasteiger charge is 1.95. The van der Waals surface area contributed by atoms with Crippen molar-refractivity contribution < 1.29 is 71.6 Å². The van der Waals surface area contributed by atoms with Crippen molar-refractivity contribution in [3.8, 4) is 0 Å². The summed E-state index contributed by atoms with van der Waals surface area (Å²) in [4.78, 5) is 108. The fourth-order valence-corrected chi connectivity index (χ4v) is 1.26. The van der Waals surface area contributed by atoms with Gasteiger partial charge in [-0.1, -0.05) is 113 Å². The Morgan fingerprint density at radius 1 is 0.317 bits per heavy atom. The first-order valence-electron chi connectivity index (χ1n) is 19.7. The summed E-state index contributed by atoms with van der Waals surface area (Å²) < 4.78 is 20.8. The van der Waals surface area contributed by atoms with E-state index in [2.05, 4.69) is 55.6 Å². The Morgan fingerprint density at radius 2 is 0.451 bits per heavy atom. The van der Waals surface area contributed by atoms with Crippen molar-refractivity contribution in [1.29, 1.82) is 0 Å². The zero-order chi connectivity index (χ0) is 59.6. The number of hydrogen-bond donors (Lipinski definition) is 6. The van der Waals surface area contributed by atoms with Gasteiger partial charge in [-0.25, -0.2) is 19.2 Å². The van der Waals surface area contributed by atoms with Gasteiger partial charge in [0, 0.05) is 141 Å². The number of methoxy groups -OCH3 is 5. The minimum atomic E-state index is -0.407. The molecule has 82 heavy (non-hydrogen) atoms.